The first-order valence-electron chi connectivity index (χ1n) is 6.67. The summed E-state index contributed by atoms with van der Waals surface area (Å²) in [4.78, 5) is 14.4. The molecule has 1 amide bonds. The fourth-order valence-electron chi connectivity index (χ4n) is 2.52. The van der Waals surface area contributed by atoms with Gasteiger partial charge in [-0.1, -0.05) is 6.92 Å². The average Bonchev–Trinajstić information content (AvgIpc) is 2.45. The molecule has 19 heavy (non-hydrogen) atoms. The van der Waals surface area contributed by atoms with Gasteiger partial charge in [0.1, 0.15) is 11.5 Å². The summed E-state index contributed by atoms with van der Waals surface area (Å²) in [5.41, 5.74) is 0.609. The van der Waals surface area contributed by atoms with Crippen LogP contribution in [0.3, 0.4) is 0 Å². The van der Waals surface area contributed by atoms with Crippen LogP contribution in [-0.2, 0) is 0 Å². The Bertz CT molecular complexity index is 459. The molecule has 1 heterocycles. The molecule has 1 atom stereocenters. The molecule has 0 N–H and O–H groups in total. The first-order chi connectivity index (χ1) is 9.15. The first kappa shape index (κ1) is 13.7. The van der Waals surface area contributed by atoms with E-state index in [1.807, 2.05) is 4.90 Å². The van der Waals surface area contributed by atoms with Crippen molar-refractivity contribution in [1.29, 1.82) is 0 Å². The minimum Gasteiger partial charge on any atom is -0.497 e. The van der Waals surface area contributed by atoms with Crippen LogP contribution in [0, 0.1) is 5.92 Å². The predicted octanol–water partition coefficient (Wildman–Crippen LogP) is 2.58. The molecule has 0 bridgehead atoms. The van der Waals surface area contributed by atoms with E-state index in [9.17, 15) is 4.79 Å². The number of piperidine rings is 1. The van der Waals surface area contributed by atoms with E-state index in [2.05, 4.69) is 6.92 Å². The third-order valence-corrected chi connectivity index (χ3v) is 3.58. The molecule has 0 saturated carbocycles. The Morgan fingerprint density at radius 3 is 2.74 bits per heavy atom. The van der Waals surface area contributed by atoms with Crippen molar-refractivity contribution in [3.63, 3.8) is 0 Å². The van der Waals surface area contributed by atoms with Crippen molar-refractivity contribution in [2.75, 3.05) is 27.3 Å². The van der Waals surface area contributed by atoms with Gasteiger partial charge in [-0.3, -0.25) is 4.79 Å². The molecular weight excluding hydrogens is 242 g/mol. The smallest absolute Gasteiger partial charge is 0.257 e. The van der Waals surface area contributed by atoms with Crippen molar-refractivity contribution in [3.8, 4) is 11.5 Å². The van der Waals surface area contributed by atoms with E-state index in [0.29, 0.717) is 23.0 Å². The molecule has 1 aliphatic rings. The fourth-order valence-corrected chi connectivity index (χ4v) is 2.52. The Balaban J connectivity index is 2.22. The van der Waals surface area contributed by atoms with E-state index in [0.717, 1.165) is 19.5 Å². The van der Waals surface area contributed by atoms with E-state index in [4.69, 9.17) is 9.47 Å². The van der Waals surface area contributed by atoms with Crippen LogP contribution < -0.4 is 9.47 Å². The minimum atomic E-state index is 0.0473. The summed E-state index contributed by atoms with van der Waals surface area (Å²) in [6, 6.07) is 5.32. The van der Waals surface area contributed by atoms with Gasteiger partial charge >= 0.3 is 0 Å². The van der Waals surface area contributed by atoms with Gasteiger partial charge in [0.2, 0.25) is 0 Å². The number of carbonyl (C=O) groups is 1. The number of methoxy groups -OCH3 is 2. The molecule has 0 spiro atoms. The predicted molar refractivity (Wildman–Crippen MR) is 73.8 cm³/mol. The lowest BCUT2D eigenvalue weighted by Crippen LogP contribution is -2.39. The second-order valence-corrected chi connectivity index (χ2v) is 5.06. The SMILES string of the molecule is COc1ccc(C(=O)N2CCCC(C)C2)c(OC)c1. The zero-order valence-corrected chi connectivity index (χ0v) is 11.8. The lowest BCUT2D eigenvalue weighted by molar-refractivity contribution is 0.0679. The standard InChI is InChI=1S/C15H21NO3/c1-11-5-4-8-16(10-11)15(17)13-7-6-12(18-2)9-14(13)19-3/h6-7,9,11H,4-5,8,10H2,1-3H3. The Hall–Kier alpha value is -1.71. The molecule has 104 valence electrons. The highest BCUT2D eigenvalue weighted by Gasteiger charge is 2.24. The molecule has 0 radical (unpaired) electrons. The van der Waals surface area contributed by atoms with E-state index in [1.165, 1.54) is 6.42 Å². The number of hydrogen-bond acceptors (Lipinski definition) is 3. The molecule has 1 saturated heterocycles. The molecule has 1 fully saturated rings. The molecule has 4 heteroatoms. The van der Waals surface area contributed by atoms with E-state index in [-0.39, 0.29) is 5.91 Å². The Kier molecular flexibility index (Phi) is 4.30. The Morgan fingerprint density at radius 1 is 1.32 bits per heavy atom. The summed E-state index contributed by atoms with van der Waals surface area (Å²) < 4.78 is 10.4. The van der Waals surface area contributed by atoms with Gasteiger partial charge in [0, 0.05) is 19.2 Å². The maximum atomic E-state index is 12.5. The molecule has 1 aromatic rings. The topological polar surface area (TPSA) is 38.8 Å². The summed E-state index contributed by atoms with van der Waals surface area (Å²) in [6.45, 7) is 3.84. The molecular formula is C15H21NO3. The summed E-state index contributed by atoms with van der Waals surface area (Å²) >= 11 is 0. The molecule has 0 aliphatic carbocycles. The summed E-state index contributed by atoms with van der Waals surface area (Å²) in [5.74, 6) is 1.89. The maximum absolute atomic E-state index is 12.5. The first-order valence-corrected chi connectivity index (χ1v) is 6.67. The number of benzene rings is 1. The van der Waals surface area contributed by atoms with Crippen molar-refractivity contribution in [3.05, 3.63) is 23.8 Å². The molecule has 1 unspecified atom stereocenters. The third kappa shape index (κ3) is 3.00. The summed E-state index contributed by atoms with van der Waals surface area (Å²) in [6.07, 6.45) is 2.27. The van der Waals surface area contributed by atoms with Crippen molar-refractivity contribution in [2.45, 2.75) is 19.8 Å². The molecule has 1 aromatic carbocycles. The van der Waals surface area contributed by atoms with Crippen molar-refractivity contribution in [1.82, 2.24) is 4.90 Å². The lowest BCUT2D eigenvalue weighted by atomic mass is 9.99. The molecule has 4 nitrogen and oxygen atoms in total. The number of likely N-dealkylation sites (tertiary alicyclic amines) is 1. The highest BCUT2D eigenvalue weighted by molar-refractivity contribution is 5.97. The minimum absolute atomic E-state index is 0.0473. The van der Waals surface area contributed by atoms with Crippen molar-refractivity contribution in [2.24, 2.45) is 5.92 Å². The van der Waals surface area contributed by atoms with Gasteiger partial charge in [-0.05, 0) is 30.9 Å². The fraction of sp³-hybridized carbons (Fsp3) is 0.533. The monoisotopic (exact) mass is 263 g/mol. The maximum Gasteiger partial charge on any atom is 0.257 e. The van der Waals surface area contributed by atoms with Crippen LogP contribution in [0.25, 0.3) is 0 Å². The van der Waals surface area contributed by atoms with Gasteiger partial charge in [-0.2, -0.15) is 0 Å². The van der Waals surface area contributed by atoms with E-state index in [1.54, 1.807) is 32.4 Å². The number of carbonyl (C=O) groups excluding carboxylic acids is 1. The highest BCUT2D eigenvalue weighted by atomic mass is 16.5. The van der Waals surface area contributed by atoms with Gasteiger partial charge in [-0.25, -0.2) is 0 Å². The zero-order chi connectivity index (χ0) is 13.8. The van der Waals surface area contributed by atoms with Gasteiger partial charge in [0.25, 0.3) is 5.91 Å². The zero-order valence-electron chi connectivity index (χ0n) is 11.8. The number of nitrogens with zero attached hydrogens (tertiary/aromatic N) is 1. The van der Waals surface area contributed by atoms with Crippen LogP contribution in [0.2, 0.25) is 0 Å². The van der Waals surface area contributed by atoms with Gasteiger partial charge in [-0.15, -0.1) is 0 Å². The van der Waals surface area contributed by atoms with Gasteiger partial charge < -0.3 is 14.4 Å². The van der Waals surface area contributed by atoms with Crippen molar-refractivity contribution >= 4 is 5.91 Å². The highest BCUT2D eigenvalue weighted by Crippen LogP contribution is 2.27. The number of hydrogen-bond donors (Lipinski definition) is 0. The largest absolute Gasteiger partial charge is 0.497 e. The normalized spacial score (nSPS) is 19.1. The molecule has 0 aromatic heterocycles. The Labute approximate surface area is 114 Å². The van der Waals surface area contributed by atoms with Gasteiger partial charge in [0.05, 0.1) is 19.8 Å². The third-order valence-electron chi connectivity index (χ3n) is 3.58. The van der Waals surface area contributed by atoms with Crippen LogP contribution in [0.15, 0.2) is 18.2 Å². The number of rotatable bonds is 3. The lowest BCUT2D eigenvalue weighted by Gasteiger charge is -2.31. The van der Waals surface area contributed by atoms with Gasteiger partial charge in [0.15, 0.2) is 0 Å². The van der Waals surface area contributed by atoms with Crippen LogP contribution in [-0.4, -0.2) is 38.1 Å². The Morgan fingerprint density at radius 2 is 2.11 bits per heavy atom. The van der Waals surface area contributed by atoms with E-state index < -0.39 is 0 Å². The van der Waals surface area contributed by atoms with Crippen molar-refractivity contribution < 1.29 is 14.3 Å². The molecule has 1 aliphatic heterocycles. The molecule has 2 rings (SSSR count). The summed E-state index contributed by atoms with van der Waals surface area (Å²) in [7, 11) is 3.17. The quantitative estimate of drug-likeness (QED) is 0.841. The number of amides is 1. The second-order valence-electron chi connectivity index (χ2n) is 5.06. The van der Waals surface area contributed by atoms with Crippen LogP contribution in [0.1, 0.15) is 30.1 Å². The van der Waals surface area contributed by atoms with Crippen LogP contribution in [0.4, 0.5) is 0 Å². The van der Waals surface area contributed by atoms with E-state index >= 15 is 0 Å². The number of ether oxygens (including phenoxy) is 2. The van der Waals surface area contributed by atoms with Crippen LogP contribution in [0.5, 0.6) is 11.5 Å². The van der Waals surface area contributed by atoms with Crippen LogP contribution >= 0.6 is 0 Å². The second kappa shape index (κ2) is 5.95. The average molecular weight is 263 g/mol. The summed E-state index contributed by atoms with van der Waals surface area (Å²) in [5, 5.41) is 0.